The molecule has 1 aliphatic carbocycles. The number of fused-ring (bicyclic) bond motifs is 1. The summed E-state index contributed by atoms with van der Waals surface area (Å²) in [6.45, 7) is 0. The molecule has 0 amide bonds. The summed E-state index contributed by atoms with van der Waals surface area (Å²) in [4.78, 5) is 0. The van der Waals surface area contributed by atoms with Crippen molar-refractivity contribution < 1.29 is 48.6 Å². The maximum atomic E-state index is 12.8. The summed E-state index contributed by atoms with van der Waals surface area (Å²) >= 11 is 0. The number of rotatable bonds is 0. The molecule has 0 radical (unpaired) electrons. The van der Waals surface area contributed by atoms with Crippen LogP contribution in [-0.4, -0.2) is 35.4 Å². The highest BCUT2D eigenvalue weighted by molar-refractivity contribution is 5.31. The van der Waals surface area contributed by atoms with Crippen molar-refractivity contribution in [2.45, 2.75) is 35.4 Å². The number of hydrogen-bond acceptors (Lipinski definition) is 1. The molecule has 17 heavy (non-hydrogen) atoms. The summed E-state index contributed by atoms with van der Waals surface area (Å²) in [7, 11) is 0. The molecule has 0 N–H and O–H groups in total. The number of halogens is 10. The Balaban J connectivity index is 2.71. The van der Waals surface area contributed by atoms with E-state index in [1.807, 2.05) is 0 Å². The molecule has 11 heteroatoms. The van der Waals surface area contributed by atoms with Gasteiger partial charge in [0.05, 0.1) is 0 Å². The van der Waals surface area contributed by atoms with Gasteiger partial charge in [-0.05, 0) is 0 Å². The Morgan fingerprint density at radius 2 is 0.647 bits per heavy atom. The fraction of sp³-hybridized carbons (Fsp3) is 1.00. The molecule has 1 saturated heterocycles. The van der Waals surface area contributed by atoms with E-state index in [9.17, 15) is 43.9 Å². The number of hydrogen-bond donors (Lipinski definition) is 0. The maximum Gasteiger partial charge on any atom is 0.384 e. The second-order valence-corrected chi connectivity index (χ2v) is 3.59. The minimum Gasteiger partial charge on any atom is -0.289 e. The number of ether oxygens (including phenoxy) is 1. The normalized spacial score (nSPS) is 48.4. The van der Waals surface area contributed by atoms with Gasteiger partial charge in [0, 0.05) is 0 Å². The molecular formula is C6F10O. The van der Waals surface area contributed by atoms with Gasteiger partial charge in [-0.25, -0.2) is 0 Å². The summed E-state index contributed by atoms with van der Waals surface area (Å²) in [5.74, 6) is -37.4. The van der Waals surface area contributed by atoms with Crippen LogP contribution in [0.1, 0.15) is 0 Å². The van der Waals surface area contributed by atoms with E-state index in [4.69, 9.17) is 0 Å². The molecule has 1 heterocycles. The topological polar surface area (TPSA) is 12.5 Å². The molecule has 0 aromatic rings. The number of alkyl halides is 10. The van der Waals surface area contributed by atoms with Crippen molar-refractivity contribution in [3.8, 4) is 0 Å². The first-order valence-corrected chi connectivity index (χ1v) is 3.80. The second-order valence-electron chi connectivity index (χ2n) is 3.59. The number of epoxide rings is 1. The van der Waals surface area contributed by atoms with Crippen LogP contribution in [0, 0.1) is 0 Å². The molecule has 1 nitrogen and oxygen atoms in total. The van der Waals surface area contributed by atoms with Crippen molar-refractivity contribution in [2.75, 3.05) is 0 Å². The standard InChI is InChI=1S/C6F10O/c7-1(8)2(9,10)4(13,14)6(16)5(15,17-6)3(1,11)12. The third-order valence-corrected chi connectivity index (χ3v) is 2.64. The first kappa shape index (κ1) is 12.7. The maximum absolute atomic E-state index is 12.8. The Labute approximate surface area is 85.3 Å². The van der Waals surface area contributed by atoms with Crippen LogP contribution in [0.4, 0.5) is 43.9 Å². The highest BCUT2D eigenvalue weighted by Gasteiger charge is 3.10. The monoisotopic (exact) mass is 278 g/mol. The van der Waals surface area contributed by atoms with Crippen molar-refractivity contribution in [3.05, 3.63) is 0 Å². The molecule has 0 spiro atoms. The highest BCUT2D eigenvalue weighted by Crippen LogP contribution is 2.77. The molecule has 0 aromatic carbocycles. The van der Waals surface area contributed by atoms with Crippen molar-refractivity contribution in [3.63, 3.8) is 0 Å². The third kappa shape index (κ3) is 0.818. The van der Waals surface area contributed by atoms with Crippen LogP contribution in [0.2, 0.25) is 0 Å². The SMILES string of the molecule is FC1(F)C(F)(F)C(F)(F)C2(F)OC2(F)C1(F)F. The van der Waals surface area contributed by atoms with E-state index in [1.54, 1.807) is 0 Å². The fourth-order valence-corrected chi connectivity index (χ4v) is 1.50. The van der Waals surface area contributed by atoms with E-state index in [1.165, 1.54) is 0 Å². The van der Waals surface area contributed by atoms with Crippen LogP contribution in [0.5, 0.6) is 0 Å². The Bertz CT molecular complexity index is 354. The molecule has 1 aliphatic heterocycles. The Hall–Kier alpha value is -0.740. The van der Waals surface area contributed by atoms with Gasteiger partial charge in [-0.3, -0.25) is 4.74 Å². The van der Waals surface area contributed by atoms with Crippen LogP contribution >= 0.6 is 0 Å². The van der Waals surface area contributed by atoms with E-state index < -0.39 is 35.4 Å². The lowest BCUT2D eigenvalue weighted by Crippen LogP contribution is -2.75. The molecule has 2 aliphatic rings. The van der Waals surface area contributed by atoms with Crippen LogP contribution in [0.15, 0.2) is 0 Å². The molecule has 2 atom stereocenters. The van der Waals surface area contributed by atoms with Crippen LogP contribution in [0.3, 0.4) is 0 Å². The third-order valence-electron chi connectivity index (χ3n) is 2.64. The van der Waals surface area contributed by atoms with E-state index in [2.05, 4.69) is 4.74 Å². The van der Waals surface area contributed by atoms with Gasteiger partial charge in [0.25, 0.3) is 0 Å². The molecule has 0 aromatic heterocycles. The smallest absolute Gasteiger partial charge is 0.289 e. The fourth-order valence-electron chi connectivity index (χ4n) is 1.50. The van der Waals surface area contributed by atoms with E-state index >= 15 is 0 Å². The van der Waals surface area contributed by atoms with E-state index in [0.29, 0.717) is 0 Å². The summed E-state index contributed by atoms with van der Waals surface area (Å²) in [6, 6.07) is 0. The minimum absolute atomic E-state index is 2.56. The zero-order valence-electron chi connectivity index (χ0n) is 7.19. The van der Waals surface area contributed by atoms with Gasteiger partial charge < -0.3 is 0 Å². The van der Waals surface area contributed by atoms with Crippen molar-refractivity contribution in [1.29, 1.82) is 0 Å². The predicted octanol–water partition coefficient (Wildman–Crippen LogP) is 2.90. The molecule has 2 rings (SSSR count). The lowest BCUT2D eigenvalue weighted by Gasteiger charge is -2.41. The Kier molecular flexibility index (Phi) is 1.76. The molecule has 0 bridgehead atoms. The molecular weight excluding hydrogens is 278 g/mol. The largest absolute Gasteiger partial charge is 0.384 e. The Morgan fingerprint density at radius 1 is 0.412 bits per heavy atom. The molecule has 1 saturated carbocycles. The van der Waals surface area contributed by atoms with E-state index in [-0.39, 0.29) is 0 Å². The van der Waals surface area contributed by atoms with Crippen LogP contribution < -0.4 is 0 Å². The first-order chi connectivity index (χ1) is 7.21. The summed E-state index contributed by atoms with van der Waals surface area (Å²) < 4.78 is 128. The summed E-state index contributed by atoms with van der Waals surface area (Å²) in [6.07, 6.45) is 0. The average Bonchev–Trinajstić information content (AvgIpc) is 2.71. The van der Waals surface area contributed by atoms with Crippen LogP contribution in [-0.2, 0) is 4.74 Å². The zero-order valence-corrected chi connectivity index (χ0v) is 7.19. The average molecular weight is 278 g/mol. The Morgan fingerprint density at radius 3 is 0.882 bits per heavy atom. The molecule has 2 unspecified atom stereocenters. The predicted molar refractivity (Wildman–Crippen MR) is 28.6 cm³/mol. The highest BCUT2D eigenvalue weighted by atomic mass is 19.4. The van der Waals surface area contributed by atoms with Gasteiger partial charge in [0.2, 0.25) is 0 Å². The van der Waals surface area contributed by atoms with Gasteiger partial charge in [0.1, 0.15) is 0 Å². The van der Waals surface area contributed by atoms with Gasteiger partial charge in [-0.15, -0.1) is 0 Å². The van der Waals surface area contributed by atoms with Gasteiger partial charge >= 0.3 is 35.4 Å². The quantitative estimate of drug-likeness (QED) is 0.490. The zero-order chi connectivity index (χ0) is 13.7. The summed E-state index contributed by atoms with van der Waals surface area (Å²) in [5.41, 5.74) is 0. The molecule has 2 fully saturated rings. The lowest BCUT2D eigenvalue weighted by atomic mass is 9.83. The lowest BCUT2D eigenvalue weighted by molar-refractivity contribution is -0.421. The van der Waals surface area contributed by atoms with Crippen molar-refractivity contribution >= 4 is 0 Å². The molecule has 100 valence electrons. The van der Waals surface area contributed by atoms with Crippen molar-refractivity contribution in [1.82, 2.24) is 0 Å². The van der Waals surface area contributed by atoms with Gasteiger partial charge in [-0.2, -0.15) is 43.9 Å². The van der Waals surface area contributed by atoms with Gasteiger partial charge in [-0.1, -0.05) is 0 Å². The van der Waals surface area contributed by atoms with Crippen LogP contribution in [0.25, 0.3) is 0 Å². The second kappa shape index (κ2) is 2.36. The van der Waals surface area contributed by atoms with E-state index in [0.717, 1.165) is 0 Å². The van der Waals surface area contributed by atoms with Crippen molar-refractivity contribution in [2.24, 2.45) is 0 Å². The van der Waals surface area contributed by atoms with Gasteiger partial charge in [0.15, 0.2) is 0 Å². The summed E-state index contributed by atoms with van der Waals surface area (Å²) in [5, 5.41) is 0. The minimum atomic E-state index is -6.80. The first-order valence-electron chi connectivity index (χ1n) is 3.80.